The van der Waals surface area contributed by atoms with Gasteiger partial charge >= 0.3 is 6.18 Å². The van der Waals surface area contributed by atoms with Gasteiger partial charge in [0, 0.05) is 11.1 Å². The fraction of sp³-hybridized carbons (Fsp3) is 0.176. The van der Waals surface area contributed by atoms with E-state index in [4.69, 9.17) is 11.2 Å². The highest BCUT2D eigenvalue weighted by Gasteiger charge is 2.34. The predicted molar refractivity (Wildman–Crippen MR) is 76.3 cm³/mol. The molecule has 2 nitrogen and oxygen atoms in total. The summed E-state index contributed by atoms with van der Waals surface area (Å²) in [5.74, 6) is 2.59. The molecule has 22 heavy (non-hydrogen) atoms. The number of hydrogen-bond acceptors (Lipinski definition) is 2. The van der Waals surface area contributed by atoms with Gasteiger partial charge in [0.15, 0.2) is 5.60 Å². The number of ether oxygens (including phenoxy) is 1. The Bertz CT molecular complexity index is 699. The average Bonchev–Trinajstić information content (AvgIpc) is 2.53. The smallest absolute Gasteiger partial charge is 0.416 e. The maximum absolute atomic E-state index is 12.6. The number of hydrogen-bond donors (Lipinski definition) is 1. The van der Waals surface area contributed by atoms with Crippen molar-refractivity contribution in [2.75, 3.05) is 7.11 Å². The zero-order valence-electron chi connectivity index (χ0n) is 11.7. The summed E-state index contributed by atoms with van der Waals surface area (Å²) in [5.41, 5.74) is -2.24. The quantitative estimate of drug-likeness (QED) is 0.878. The molecule has 0 amide bonds. The van der Waals surface area contributed by atoms with E-state index in [-0.39, 0.29) is 5.56 Å². The molecule has 1 atom stereocenters. The van der Waals surface area contributed by atoms with Crippen LogP contribution in [0.1, 0.15) is 16.7 Å². The number of alkyl halides is 3. The van der Waals surface area contributed by atoms with Crippen molar-refractivity contribution in [2.45, 2.75) is 11.8 Å². The molecular weight excluding hydrogens is 293 g/mol. The SMILES string of the molecule is C#CC(O)(c1ccc(C(F)(F)F)cc1)c1ccccc1OC. The van der Waals surface area contributed by atoms with Crippen molar-refractivity contribution in [3.63, 3.8) is 0 Å². The summed E-state index contributed by atoms with van der Waals surface area (Å²) in [6.45, 7) is 0. The molecule has 0 spiro atoms. The summed E-state index contributed by atoms with van der Waals surface area (Å²) in [5, 5.41) is 10.8. The minimum atomic E-state index is -4.45. The van der Waals surface area contributed by atoms with Crippen molar-refractivity contribution in [1.82, 2.24) is 0 Å². The number of methoxy groups -OCH3 is 1. The van der Waals surface area contributed by atoms with Crippen molar-refractivity contribution in [3.8, 4) is 18.1 Å². The van der Waals surface area contributed by atoms with Crippen molar-refractivity contribution in [2.24, 2.45) is 0 Å². The van der Waals surface area contributed by atoms with Crippen LogP contribution in [0.3, 0.4) is 0 Å². The van der Waals surface area contributed by atoms with Gasteiger partial charge in [0.25, 0.3) is 0 Å². The van der Waals surface area contributed by atoms with Gasteiger partial charge in [0.2, 0.25) is 0 Å². The van der Waals surface area contributed by atoms with E-state index in [0.717, 1.165) is 24.3 Å². The molecule has 2 aromatic rings. The lowest BCUT2D eigenvalue weighted by Gasteiger charge is -2.25. The second-order valence-electron chi connectivity index (χ2n) is 4.63. The maximum atomic E-state index is 12.6. The summed E-state index contributed by atoms with van der Waals surface area (Å²) in [4.78, 5) is 0. The van der Waals surface area contributed by atoms with Crippen LogP contribution in [-0.4, -0.2) is 12.2 Å². The van der Waals surface area contributed by atoms with Crippen molar-refractivity contribution < 1.29 is 23.0 Å². The van der Waals surface area contributed by atoms with Crippen LogP contribution >= 0.6 is 0 Å². The van der Waals surface area contributed by atoms with Gasteiger partial charge in [0.05, 0.1) is 12.7 Å². The summed E-state index contributed by atoms with van der Waals surface area (Å²) >= 11 is 0. The molecule has 0 aliphatic rings. The molecule has 2 rings (SSSR count). The lowest BCUT2D eigenvalue weighted by molar-refractivity contribution is -0.137. The first-order valence-corrected chi connectivity index (χ1v) is 6.34. The monoisotopic (exact) mass is 306 g/mol. The summed E-state index contributed by atoms with van der Waals surface area (Å²) in [7, 11) is 1.42. The van der Waals surface area contributed by atoms with Crippen molar-refractivity contribution >= 4 is 0 Å². The Balaban J connectivity index is 2.54. The Kier molecular flexibility index (Phi) is 4.16. The van der Waals surface area contributed by atoms with E-state index in [1.165, 1.54) is 7.11 Å². The van der Waals surface area contributed by atoms with Gasteiger partial charge in [0.1, 0.15) is 5.75 Å². The second kappa shape index (κ2) is 5.74. The molecule has 0 aliphatic carbocycles. The molecule has 0 radical (unpaired) electrons. The Labute approximate surface area is 126 Å². The first-order valence-electron chi connectivity index (χ1n) is 6.34. The molecule has 0 fully saturated rings. The largest absolute Gasteiger partial charge is 0.496 e. The minimum absolute atomic E-state index is 0.160. The highest BCUT2D eigenvalue weighted by atomic mass is 19.4. The van der Waals surface area contributed by atoms with Crippen LogP contribution in [0, 0.1) is 12.3 Å². The molecular formula is C17H13F3O2. The lowest BCUT2D eigenvalue weighted by atomic mass is 9.86. The average molecular weight is 306 g/mol. The third-order valence-electron chi connectivity index (χ3n) is 3.34. The Morgan fingerprint density at radius 1 is 1.00 bits per heavy atom. The maximum Gasteiger partial charge on any atom is 0.416 e. The molecule has 0 bridgehead atoms. The molecule has 0 aliphatic heterocycles. The molecule has 5 heteroatoms. The van der Waals surface area contributed by atoms with Gasteiger partial charge < -0.3 is 9.84 Å². The number of rotatable bonds is 3. The van der Waals surface area contributed by atoms with Gasteiger partial charge in [-0.2, -0.15) is 13.2 Å². The first-order chi connectivity index (χ1) is 10.3. The molecule has 0 aromatic heterocycles. The van der Waals surface area contributed by atoms with Crippen LogP contribution in [0.4, 0.5) is 13.2 Å². The minimum Gasteiger partial charge on any atom is -0.496 e. The van der Waals surface area contributed by atoms with Crippen LogP contribution in [0.2, 0.25) is 0 Å². The zero-order valence-corrected chi connectivity index (χ0v) is 11.7. The van der Waals surface area contributed by atoms with E-state index in [9.17, 15) is 18.3 Å². The second-order valence-corrected chi connectivity index (χ2v) is 4.63. The van der Waals surface area contributed by atoms with Crippen LogP contribution in [0.25, 0.3) is 0 Å². The van der Waals surface area contributed by atoms with Gasteiger partial charge in [-0.05, 0) is 18.2 Å². The molecule has 0 heterocycles. The van der Waals surface area contributed by atoms with E-state index < -0.39 is 17.3 Å². The number of aliphatic hydroxyl groups is 1. The van der Waals surface area contributed by atoms with Crippen molar-refractivity contribution in [1.29, 1.82) is 0 Å². The highest BCUT2D eigenvalue weighted by Crippen LogP contribution is 2.36. The van der Waals surface area contributed by atoms with E-state index in [1.807, 2.05) is 0 Å². The number of para-hydroxylation sites is 1. The van der Waals surface area contributed by atoms with Crippen LogP contribution in [0.5, 0.6) is 5.75 Å². The first kappa shape index (κ1) is 15.9. The highest BCUT2D eigenvalue weighted by molar-refractivity contribution is 5.50. The van der Waals surface area contributed by atoms with E-state index >= 15 is 0 Å². The Hall–Kier alpha value is -2.45. The summed E-state index contributed by atoms with van der Waals surface area (Å²) in [6.07, 6.45) is 0.994. The zero-order chi connectivity index (χ0) is 16.4. The topological polar surface area (TPSA) is 29.5 Å². The fourth-order valence-corrected chi connectivity index (χ4v) is 2.16. The van der Waals surface area contributed by atoms with Gasteiger partial charge in [-0.15, -0.1) is 6.42 Å². The molecule has 114 valence electrons. The number of benzene rings is 2. The van der Waals surface area contributed by atoms with E-state index in [2.05, 4.69) is 5.92 Å². The predicted octanol–water partition coefficient (Wildman–Crippen LogP) is 3.58. The van der Waals surface area contributed by atoms with Crippen LogP contribution < -0.4 is 4.74 Å². The third kappa shape index (κ3) is 2.78. The number of terminal acetylenes is 1. The molecule has 1 unspecified atom stereocenters. The lowest BCUT2D eigenvalue weighted by Crippen LogP contribution is -2.26. The molecule has 0 saturated carbocycles. The fourth-order valence-electron chi connectivity index (χ4n) is 2.16. The molecule has 0 saturated heterocycles. The summed E-state index contributed by atoms with van der Waals surface area (Å²) < 4.78 is 43.0. The molecule has 1 N–H and O–H groups in total. The van der Waals surface area contributed by atoms with Crippen LogP contribution in [-0.2, 0) is 11.8 Å². The van der Waals surface area contributed by atoms with Crippen LogP contribution in [0.15, 0.2) is 48.5 Å². The van der Waals surface area contributed by atoms with E-state index in [0.29, 0.717) is 11.3 Å². The Morgan fingerprint density at radius 3 is 2.05 bits per heavy atom. The van der Waals surface area contributed by atoms with Crippen molar-refractivity contribution in [3.05, 3.63) is 65.2 Å². The molecule has 2 aromatic carbocycles. The normalized spacial score (nSPS) is 14.0. The third-order valence-corrected chi connectivity index (χ3v) is 3.34. The Morgan fingerprint density at radius 2 is 1.55 bits per heavy atom. The van der Waals surface area contributed by atoms with Gasteiger partial charge in [-0.1, -0.05) is 36.3 Å². The van der Waals surface area contributed by atoms with Gasteiger partial charge in [-0.3, -0.25) is 0 Å². The number of halogens is 3. The standard InChI is InChI=1S/C17H13F3O2/c1-3-16(21,14-6-4-5-7-15(14)22-2)12-8-10-13(11-9-12)17(18,19)20/h1,4-11,21H,2H3. The van der Waals surface area contributed by atoms with Gasteiger partial charge in [-0.25, -0.2) is 0 Å². The van der Waals surface area contributed by atoms with E-state index in [1.54, 1.807) is 24.3 Å². The summed E-state index contributed by atoms with van der Waals surface area (Å²) in [6, 6.07) is 10.6.